The van der Waals surface area contributed by atoms with Gasteiger partial charge in [0.15, 0.2) is 0 Å². The molecule has 5 heteroatoms. The standard InChI is InChI=1S/C16H24FN3O/c1-12-16(21)20(11-5-4-10-19(2)3)15(18-12)13-6-8-14(17)9-7-13/h6-9,12,15,18H,4-5,10-11H2,1-3H3. The van der Waals surface area contributed by atoms with Crippen LogP contribution in [-0.4, -0.2) is 48.9 Å². The van der Waals surface area contributed by atoms with Crippen molar-refractivity contribution in [3.8, 4) is 0 Å². The number of nitrogens with one attached hydrogen (secondary N) is 1. The lowest BCUT2D eigenvalue weighted by molar-refractivity contribution is -0.129. The molecular formula is C16H24FN3O. The molecule has 0 spiro atoms. The van der Waals surface area contributed by atoms with Crippen molar-refractivity contribution >= 4 is 5.91 Å². The van der Waals surface area contributed by atoms with Crippen molar-refractivity contribution in [1.82, 2.24) is 15.1 Å². The third-order valence-corrected chi connectivity index (χ3v) is 3.81. The van der Waals surface area contributed by atoms with Crippen LogP contribution in [0.2, 0.25) is 0 Å². The van der Waals surface area contributed by atoms with Crippen LogP contribution in [0.4, 0.5) is 4.39 Å². The molecule has 0 bridgehead atoms. The van der Waals surface area contributed by atoms with E-state index < -0.39 is 0 Å². The van der Waals surface area contributed by atoms with Gasteiger partial charge < -0.3 is 9.80 Å². The normalized spacial score (nSPS) is 22.3. The lowest BCUT2D eigenvalue weighted by Gasteiger charge is -2.25. The molecule has 1 aromatic rings. The molecule has 1 aliphatic rings. The molecule has 2 atom stereocenters. The quantitative estimate of drug-likeness (QED) is 0.815. The van der Waals surface area contributed by atoms with Crippen LogP contribution in [0.1, 0.15) is 31.5 Å². The molecule has 1 aromatic carbocycles. The predicted octanol–water partition coefficient (Wildman–Crippen LogP) is 1.99. The van der Waals surface area contributed by atoms with E-state index in [-0.39, 0.29) is 23.9 Å². The van der Waals surface area contributed by atoms with Gasteiger partial charge in [-0.2, -0.15) is 0 Å². The highest BCUT2D eigenvalue weighted by molar-refractivity contribution is 5.84. The number of amides is 1. The van der Waals surface area contributed by atoms with Crippen LogP contribution in [0, 0.1) is 5.82 Å². The topological polar surface area (TPSA) is 35.6 Å². The van der Waals surface area contributed by atoms with E-state index in [2.05, 4.69) is 10.2 Å². The Bertz CT molecular complexity index is 475. The van der Waals surface area contributed by atoms with Crippen molar-refractivity contribution < 1.29 is 9.18 Å². The molecule has 1 heterocycles. The molecule has 1 amide bonds. The van der Waals surface area contributed by atoms with Crippen molar-refractivity contribution in [1.29, 1.82) is 0 Å². The first kappa shape index (κ1) is 15.9. The maximum absolute atomic E-state index is 13.0. The van der Waals surface area contributed by atoms with Gasteiger partial charge in [-0.15, -0.1) is 0 Å². The second-order valence-corrected chi connectivity index (χ2v) is 5.88. The van der Waals surface area contributed by atoms with E-state index in [9.17, 15) is 9.18 Å². The van der Waals surface area contributed by atoms with Gasteiger partial charge in [-0.3, -0.25) is 10.1 Å². The highest BCUT2D eigenvalue weighted by Crippen LogP contribution is 2.25. The minimum atomic E-state index is -0.256. The summed E-state index contributed by atoms with van der Waals surface area (Å²) in [7, 11) is 4.10. The van der Waals surface area contributed by atoms with Gasteiger partial charge in [0.1, 0.15) is 12.0 Å². The molecule has 0 aromatic heterocycles. The summed E-state index contributed by atoms with van der Waals surface area (Å²) in [5, 5.41) is 3.28. The number of carbonyl (C=O) groups excluding carboxylic acids is 1. The number of carbonyl (C=O) groups is 1. The Hall–Kier alpha value is -1.46. The van der Waals surface area contributed by atoms with Crippen molar-refractivity contribution in [2.24, 2.45) is 0 Å². The number of hydrogen-bond acceptors (Lipinski definition) is 3. The Balaban J connectivity index is 2.01. The summed E-state index contributed by atoms with van der Waals surface area (Å²) in [6, 6.07) is 6.17. The average Bonchev–Trinajstić information content (AvgIpc) is 2.72. The largest absolute Gasteiger partial charge is 0.322 e. The molecule has 2 unspecified atom stereocenters. The first-order valence-electron chi connectivity index (χ1n) is 7.46. The number of halogens is 1. The van der Waals surface area contributed by atoms with E-state index >= 15 is 0 Å². The summed E-state index contributed by atoms with van der Waals surface area (Å²) in [6.45, 7) is 3.62. The summed E-state index contributed by atoms with van der Waals surface area (Å²) in [5.74, 6) is -0.136. The minimum Gasteiger partial charge on any atom is -0.322 e. The minimum absolute atomic E-state index is 0.120. The summed E-state index contributed by atoms with van der Waals surface area (Å²) in [6.07, 6.45) is 1.88. The lowest BCUT2D eigenvalue weighted by Crippen LogP contribution is -2.32. The number of hydrogen-bond donors (Lipinski definition) is 1. The molecule has 0 aliphatic carbocycles. The smallest absolute Gasteiger partial charge is 0.241 e. The second-order valence-electron chi connectivity index (χ2n) is 5.88. The molecule has 0 saturated carbocycles. The average molecular weight is 293 g/mol. The van der Waals surface area contributed by atoms with Crippen molar-refractivity contribution in [3.05, 3.63) is 35.6 Å². The van der Waals surface area contributed by atoms with Crippen LogP contribution >= 0.6 is 0 Å². The Labute approximate surface area is 125 Å². The molecule has 1 fully saturated rings. The van der Waals surface area contributed by atoms with Gasteiger partial charge >= 0.3 is 0 Å². The van der Waals surface area contributed by atoms with Gasteiger partial charge in [-0.25, -0.2) is 4.39 Å². The van der Waals surface area contributed by atoms with E-state index in [4.69, 9.17) is 0 Å². The molecule has 0 radical (unpaired) electrons. The van der Waals surface area contributed by atoms with Gasteiger partial charge in [-0.1, -0.05) is 12.1 Å². The molecule has 4 nitrogen and oxygen atoms in total. The molecule has 116 valence electrons. The molecule has 2 rings (SSSR count). The molecule has 1 N–H and O–H groups in total. The lowest BCUT2D eigenvalue weighted by atomic mass is 10.1. The Kier molecular flexibility index (Phi) is 5.31. The zero-order valence-corrected chi connectivity index (χ0v) is 13.0. The first-order chi connectivity index (χ1) is 9.99. The third kappa shape index (κ3) is 4.02. The number of rotatable bonds is 6. The van der Waals surface area contributed by atoms with Gasteiger partial charge in [0.05, 0.1) is 6.04 Å². The van der Waals surface area contributed by atoms with Crippen LogP contribution < -0.4 is 5.32 Å². The van der Waals surface area contributed by atoms with Gasteiger partial charge in [0.2, 0.25) is 5.91 Å². The second kappa shape index (κ2) is 7.00. The van der Waals surface area contributed by atoms with Crippen LogP contribution in [-0.2, 0) is 4.79 Å². The van der Waals surface area contributed by atoms with Crippen LogP contribution in [0.5, 0.6) is 0 Å². The summed E-state index contributed by atoms with van der Waals surface area (Å²) < 4.78 is 13.0. The fraction of sp³-hybridized carbons (Fsp3) is 0.562. The Morgan fingerprint density at radius 2 is 1.90 bits per heavy atom. The monoisotopic (exact) mass is 293 g/mol. The molecular weight excluding hydrogens is 269 g/mol. The zero-order valence-electron chi connectivity index (χ0n) is 13.0. The van der Waals surface area contributed by atoms with Crippen LogP contribution in [0.25, 0.3) is 0 Å². The molecule has 1 aliphatic heterocycles. The van der Waals surface area contributed by atoms with Crippen molar-refractivity contribution in [3.63, 3.8) is 0 Å². The van der Waals surface area contributed by atoms with Crippen LogP contribution in [0.3, 0.4) is 0 Å². The summed E-state index contributed by atoms with van der Waals surface area (Å²) >= 11 is 0. The predicted molar refractivity (Wildman–Crippen MR) is 81.2 cm³/mol. The maximum Gasteiger partial charge on any atom is 0.241 e. The van der Waals surface area contributed by atoms with E-state index in [1.807, 2.05) is 25.9 Å². The first-order valence-corrected chi connectivity index (χ1v) is 7.46. The van der Waals surface area contributed by atoms with Crippen molar-refractivity contribution in [2.45, 2.75) is 32.0 Å². The molecule has 1 saturated heterocycles. The fourth-order valence-corrected chi connectivity index (χ4v) is 2.64. The Morgan fingerprint density at radius 3 is 2.52 bits per heavy atom. The van der Waals surface area contributed by atoms with E-state index in [1.54, 1.807) is 12.1 Å². The summed E-state index contributed by atoms with van der Waals surface area (Å²) in [5.41, 5.74) is 0.932. The van der Waals surface area contributed by atoms with E-state index in [0.29, 0.717) is 0 Å². The van der Waals surface area contributed by atoms with Gasteiger partial charge in [0, 0.05) is 6.54 Å². The van der Waals surface area contributed by atoms with Crippen LogP contribution in [0.15, 0.2) is 24.3 Å². The number of unbranched alkanes of at least 4 members (excludes halogenated alkanes) is 1. The molecule has 21 heavy (non-hydrogen) atoms. The maximum atomic E-state index is 13.0. The number of nitrogens with zero attached hydrogens (tertiary/aromatic N) is 2. The van der Waals surface area contributed by atoms with Gasteiger partial charge in [0.25, 0.3) is 0 Å². The fourth-order valence-electron chi connectivity index (χ4n) is 2.64. The third-order valence-electron chi connectivity index (χ3n) is 3.81. The van der Waals surface area contributed by atoms with E-state index in [1.165, 1.54) is 12.1 Å². The Morgan fingerprint density at radius 1 is 1.24 bits per heavy atom. The highest BCUT2D eigenvalue weighted by Gasteiger charge is 2.36. The summed E-state index contributed by atoms with van der Waals surface area (Å²) in [4.78, 5) is 16.3. The number of benzene rings is 1. The highest BCUT2D eigenvalue weighted by atomic mass is 19.1. The van der Waals surface area contributed by atoms with E-state index in [0.717, 1.165) is 31.5 Å². The van der Waals surface area contributed by atoms with Crippen molar-refractivity contribution in [2.75, 3.05) is 27.2 Å². The van der Waals surface area contributed by atoms with Gasteiger partial charge in [-0.05, 0) is 58.1 Å². The SMILES string of the molecule is CC1NC(c2ccc(F)cc2)N(CCCCN(C)C)C1=O. The zero-order chi connectivity index (χ0) is 15.4.